The first-order valence-corrected chi connectivity index (χ1v) is 10.9. The highest BCUT2D eigenvalue weighted by Crippen LogP contribution is 2.25. The van der Waals surface area contributed by atoms with Crippen molar-refractivity contribution in [1.82, 2.24) is 30.1 Å². The molecule has 1 aliphatic rings. The molecule has 168 valence electrons. The predicted molar refractivity (Wildman–Crippen MR) is 120 cm³/mol. The van der Waals surface area contributed by atoms with E-state index in [1.807, 2.05) is 50.2 Å². The van der Waals surface area contributed by atoms with E-state index in [9.17, 15) is 4.79 Å². The third kappa shape index (κ3) is 4.40. The van der Waals surface area contributed by atoms with Crippen LogP contribution in [0.15, 0.2) is 63.9 Å². The van der Waals surface area contributed by atoms with Gasteiger partial charge in [-0.2, -0.15) is 4.98 Å². The van der Waals surface area contributed by atoms with E-state index in [2.05, 4.69) is 25.2 Å². The summed E-state index contributed by atoms with van der Waals surface area (Å²) in [6.07, 6.45) is 3.35. The summed E-state index contributed by atoms with van der Waals surface area (Å²) in [6, 6.07) is 13.3. The molecule has 4 heterocycles. The van der Waals surface area contributed by atoms with Gasteiger partial charge in [-0.3, -0.25) is 14.7 Å². The first-order valence-electron chi connectivity index (χ1n) is 10.9. The van der Waals surface area contributed by atoms with E-state index >= 15 is 0 Å². The van der Waals surface area contributed by atoms with Gasteiger partial charge in [-0.15, -0.1) is 0 Å². The van der Waals surface area contributed by atoms with Crippen molar-refractivity contribution in [1.29, 1.82) is 0 Å². The van der Waals surface area contributed by atoms with Gasteiger partial charge in [0.2, 0.25) is 11.7 Å². The predicted octanol–water partition coefficient (Wildman–Crippen LogP) is 3.61. The quantitative estimate of drug-likeness (QED) is 0.460. The molecule has 0 aliphatic carbocycles. The number of amides is 1. The molecule has 4 aromatic rings. The van der Waals surface area contributed by atoms with E-state index in [0.29, 0.717) is 49.3 Å². The molecular formula is C24H24N6O3. The highest BCUT2D eigenvalue weighted by molar-refractivity contribution is 5.93. The molecule has 0 saturated carbocycles. The summed E-state index contributed by atoms with van der Waals surface area (Å²) in [7, 11) is 0. The second-order valence-corrected chi connectivity index (χ2v) is 8.14. The van der Waals surface area contributed by atoms with Gasteiger partial charge in [-0.1, -0.05) is 40.1 Å². The smallest absolute Gasteiger partial charge is 0.276 e. The zero-order valence-electron chi connectivity index (χ0n) is 18.5. The van der Waals surface area contributed by atoms with Gasteiger partial charge >= 0.3 is 0 Å². The first-order chi connectivity index (χ1) is 16.1. The van der Waals surface area contributed by atoms with Crippen LogP contribution in [0.3, 0.4) is 0 Å². The molecule has 33 heavy (non-hydrogen) atoms. The van der Waals surface area contributed by atoms with Gasteiger partial charge in [0.25, 0.3) is 5.91 Å². The fourth-order valence-corrected chi connectivity index (χ4v) is 3.88. The molecule has 0 bridgehead atoms. The third-order valence-electron chi connectivity index (χ3n) is 5.95. The minimum absolute atomic E-state index is 0.0423. The van der Waals surface area contributed by atoms with Gasteiger partial charge in [0.05, 0.1) is 6.04 Å². The number of aromatic nitrogens is 4. The molecule has 9 heteroatoms. The summed E-state index contributed by atoms with van der Waals surface area (Å²) in [5.74, 6) is 1.57. The fraction of sp³-hybridized carbons (Fsp3) is 0.292. The van der Waals surface area contributed by atoms with Crippen molar-refractivity contribution in [2.45, 2.75) is 19.9 Å². The van der Waals surface area contributed by atoms with Crippen LogP contribution in [0.5, 0.6) is 0 Å². The van der Waals surface area contributed by atoms with Gasteiger partial charge in [0.15, 0.2) is 11.5 Å². The molecule has 1 atom stereocenters. The minimum Gasteiger partial charge on any atom is -0.355 e. The number of hydrogen-bond donors (Lipinski definition) is 0. The summed E-state index contributed by atoms with van der Waals surface area (Å²) in [4.78, 5) is 25.5. The molecule has 9 nitrogen and oxygen atoms in total. The lowest BCUT2D eigenvalue weighted by Crippen LogP contribution is -2.49. The molecule has 1 aromatic carbocycles. The zero-order chi connectivity index (χ0) is 22.8. The summed E-state index contributed by atoms with van der Waals surface area (Å²) in [5, 5.41) is 8.12. The van der Waals surface area contributed by atoms with Gasteiger partial charge in [0, 0.05) is 55.8 Å². The second-order valence-electron chi connectivity index (χ2n) is 8.14. The van der Waals surface area contributed by atoms with Crippen LogP contribution in [0, 0.1) is 6.92 Å². The van der Waals surface area contributed by atoms with Crippen LogP contribution in [0.2, 0.25) is 0 Å². The van der Waals surface area contributed by atoms with Crippen LogP contribution in [-0.4, -0.2) is 62.2 Å². The van der Waals surface area contributed by atoms with Crippen molar-refractivity contribution in [3.63, 3.8) is 0 Å². The molecule has 0 N–H and O–H groups in total. The largest absolute Gasteiger partial charge is 0.355 e. The number of piperazine rings is 1. The van der Waals surface area contributed by atoms with Crippen LogP contribution < -0.4 is 0 Å². The SMILES string of the molecule is Cc1ccc(-c2noc(C(C)N3CCN(C(=O)c4cc(-c5ccncc5)on4)CC3)n2)cc1. The minimum atomic E-state index is -0.134. The molecule has 0 radical (unpaired) electrons. The number of aryl methyl sites for hydroxylation is 1. The Kier molecular flexibility index (Phi) is 5.70. The van der Waals surface area contributed by atoms with Crippen LogP contribution in [-0.2, 0) is 0 Å². The van der Waals surface area contributed by atoms with Crippen LogP contribution >= 0.6 is 0 Å². The molecule has 1 saturated heterocycles. The lowest BCUT2D eigenvalue weighted by Gasteiger charge is -2.36. The number of pyridine rings is 1. The summed E-state index contributed by atoms with van der Waals surface area (Å²) in [5.41, 5.74) is 3.25. The maximum Gasteiger partial charge on any atom is 0.276 e. The van der Waals surface area contributed by atoms with Crippen molar-refractivity contribution in [2.24, 2.45) is 0 Å². The highest BCUT2D eigenvalue weighted by Gasteiger charge is 2.29. The Morgan fingerprint density at radius 1 is 0.939 bits per heavy atom. The zero-order valence-corrected chi connectivity index (χ0v) is 18.5. The summed E-state index contributed by atoms with van der Waals surface area (Å²) in [6.45, 7) is 6.65. The van der Waals surface area contributed by atoms with E-state index < -0.39 is 0 Å². The van der Waals surface area contributed by atoms with Crippen molar-refractivity contribution in [3.05, 3.63) is 72.0 Å². The Morgan fingerprint density at radius 3 is 2.39 bits per heavy atom. The number of benzene rings is 1. The van der Waals surface area contributed by atoms with Crippen LogP contribution in [0.25, 0.3) is 22.7 Å². The Labute approximate surface area is 191 Å². The highest BCUT2D eigenvalue weighted by atomic mass is 16.5. The molecule has 1 fully saturated rings. The molecule has 1 aliphatic heterocycles. The van der Waals surface area contributed by atoms with E-state index in [1.54, 1.807) is 23.4 Å². The number of nitrogens with zero attached hydrogens (tertiary/aromatic N) is 6. The molecule has 1 amide bonds. The number of carbonyl (C=O) groups excluding carboxylic acids is 1. The number of hydrogen-bond acceptors (Lipinski definition) is 8. The van der Waals surface area contributed by atoms with Crippen molar-refractivity contribution >= 4 is 5.91 Å². The van der Waals surface area contributed by atoms with E-state index in [0.717, 1.165) is 11.1 Å². The summed E-state index contributed by atoms with van der Waals surface area (Å²) >= 11 is 0. The monoisotopic (exact) mass is 444 g/mol. The lowest BCUT2D eigenvalue weighted by molar-refractivity contribution is 0.0543. The molecular weight excluding hydrogens is 420 g/mol. The Hall–Kier alpha value is -3.85. The lowest BCUT2D eigenvalue weighted by atomic mass is 10.1. The van der Waals surface area contributed by atoms with Gasteiger partial charge in [0.1, 0.15) is 0 Å². The molecule has 0 spiro atoms. The Balaban J connectivity index is 1.20. The van der Waals surface area contributed by atoms with Crippen LogP contribution in [0.1, 0.15) is 34.9 Å². The number of rotatable bonds is 5. The molecule has 3 aromatic heterocycles. The van der Waals surface area contributed by atoms with E-state index in [1.165, 1.54) is 5.56 Å². The van der Waals surface area contributed by atoms with Crippen molar-refractivity contribution in [3.8, 4) is 22.7 Å². The van der Waals surface area contributed by atoms with Gasteiger partial charge < -0.3 is 13.9 Å². The average molecular weight is 444 g/mol. The third-order valence-corrected chi connectivity index (χ3v) is 5.95. The van der Waals surface area contributed by atoms with E-state index in [4.69, 9.17) is 9.05 Å². The van der Waals surface area contributed by atoms with E-state index in [-0.39, 0.29) is 11.9 Å². The van der Waals surface area contributed by atoms with Crippen molar-refractivity contribution < 1.29 is 13.8 Å². The molecule has 5 rings (SSSR count). The van der Waals surface area contributed by atoms with Gasteiger partial charge in [-0.25, -0.2) is 0 Å². The Bertz CT molecular complexity index is 1230. The van der Waals surface area contributed by atoms with Gasteiger partial charge in [-0.05, 0) is 26.0 Å². The molecule has 1 unspecified atom stereocenters. The van der Waals surface area contributed by atoms with Crippen LogP contribution in [0.4, 0.5) is 0 Å². The summed E-state index contributed by atoms with van der Waals surface area (Å²) < 4.78 is 10.9. The normalized spacial score (nSPS) is 15.5. The number of carbonyl (C=O) groups is 1. The average Bonchev–Trinajstić information content (AvgIpc) is 3.55. The maximum atomic E-state index is 12.9. The van der Waals surface area contributed by atoms with Crippen molar-refractivity contribution in [2.75, 3.05) is 26.2 Å². The topological polar surface area (TPSA) is 101 Å². The standard InChI is InChI=1S/C24H24N6O3/c1-16-3-5-19(6-4-16)22-26-23(33-28-22)17(2)29-11-13-30(14-12-29)24(31)20-15-21(32-27-20)18-7-9-25-10-8-18/h3-10,15,17H,11-14H2,1-2H3. The second kappa shape index (κ2) is 8.95. The maximum absolute atomic E-state index is 12.9. The fourth-order valence-electron chi connectivity index (χ4n) is 3.88. The Morgan fingerprint density at radius 2 is 1.67 bits per heavy atom. The first kappa shape index (κ1) is 21.0.